The van der Waals surface area contributed by atoms with Crippen LogP contribution in [-0.4, -0.2) is 18.9 Å². The van der Waals surface area contributed by atoms with E-state index in [0.717, 1.165) is 28.4 Å². The third kappa shape index (κ3) is 3.52. The van der Waals surface area contributed by atoms with Gasteiger partial charge in [0.2, 0.25) is 5.91 Å². The van der Waals surface area contributed by atoms with E-state index in [0.29, 0.717) is 16.9 Å². The van der Waals surface area contributed by atoms with E-state index < -0.39 is 10.0 Å². The average molecular weight is 422 g/mol. The number of para-hydroxylation sites is 1. The maximum Gasteiger partial charge on any atom is 0.261 e. The summed E-state index contributed by atoms with van der Waals surface area (Å²) in [5.74, 6) is -0.202. The van der Waals surface area contributed by atoms with Gasteiger partial charge in [0.25, 0.3) is 10.0 Å². The van der Waals surface area contributed by atoms with E-state index in [1.165, 1.54) is 13.0 Å². The summed E-state index contributed by atoms with van der Waals surface area (Å²) in [5, 5.41) is 4.78. The van der Waals surface area contributed by atoms with Crippen molar-refractivity contribution < 1.29 is 13.2 Å². The quantitative estimate of drug-likeness (QED) is 0.482. The number of rotatable bonds is 5. The molecule has 0 aliphatic carbocycles. The summed E-state index contributed by atoms with van der Waals surface area (Å²) in [6.07, 6.45) is 0. The van der Waals surface area contributed by atoms with Crippen molar-refractivity contribution in [3.63, 3.8) is 0 Å². The Morgan fingerprint density at radius 1 is 0.967 bits per heavy atom. The lowest BCUT2D eigenvalue weighted by atomic mass is 10.1. The largest absolute Gasteiger partial charge is 0.341 e. The summed E-state index contributed by atoms with van der Waals surface area (Å²) in [6.45, 7) is 6.09. The Morgan fingerprint density at radius 2 is 1.70 bits per heavy atom. The number of carbonyl (C=O) groups is 1. The van der Waals surface area contributed by atoms with Crippen molar-refractivity contribution in [2.45, 2.75) is 32.2 Å². The molecular formula is C23H23N3O3S. The Bertz CT molecular complexity index is 1390. The van der Waals surface area contributed by atoms with E-state index in [-0.39, 0.29) is 10.8 Å². The van der Waals surface area contributed by atoms with Crippen LogP contribution in [0.2, 0.25) is 0 Å². The summed E-state index contributed by atoms with van der Waals surface area (Å²) in [7, 11) is -3.77. The van der Waals surface area contributed by atoms with Gasteiger partial charge >= 0.3 is 0 Å². The molecule has 1 amide bonds. The molecule has 0 spiro atoms. The van der Waals surface area contributed by atoms with Crippen LogP contribution in [0.4, 0.5) is 11.4 Å². The number of hydrogen-bond donors (Lipinski definition) is 2. The van der Waals surface area contributed by atoms with E-state index in [2.05, 4.69) is 27.6 Å². The zero-order valence-electron chi connectivity index (χ0n) is 17.1. The monoisotopic (exact) mass is 421 g/mol. The van der Waals surface area contributed by atoms with Gasteiger partial charge in [0.05, 0.1) is 4.90 Å². The average Bonchev–Trinajstić information content (AvgIpc) is 3.02. The molecule has 3 aromatic carbocycles. The van der Waals surface area contributed by atoms with Crippen LogP contribution < -0.4 is 10.0 Å². The molecule has 0 radical (unpaired) electrons. The second-order valence-electron chi connectivity index (χ2n) is 7.26. The normalized spacial score (nSPS) is 11.7. The van der Waals surface area contributed by atoms with E-state index in [1.807, 2.05) is 30.3 Å². The van der Waals surface area contributed by atoms with E-state index in [1.54, 1.807) is 25.1 Å². The summed E-state index contributed by atoms with van der Waals surface area (Å²) < 4.78 is 30.8. The molecule has 0 atom stereocenters. The van der Waals surface area contributed by atoms with Gasteiger partial charge in [-0.3, -0.25) is 9.52 Å². The zero-order chi connectivity index (χ0) is 21.5. The summed E-state index contributed by atoms with van der Waals surface area (Å²) >= 11 is 0. The highest BCUT2D eigenvalue weighted by Gasteiger charge is 2.17. The fraction of sp³-hybridized carbons (Fsp3) is 0.174. The number of fused-ring (bicyclic) bond motifs is 3. The smallest absolute Gasteiger partial charge is 0.261 e. The van der Waals surface area contributed by atoms with Gasteiger partial charge in [-0.1, -0.05) is 18.2 Å². The standard InChI is InChI=1S/C23H23N3O3S/c1-4-26-22-8-6-5-7-19(22)20-14-17(9-12-23(20)26)25-30(28,29)18-10-11-21(15(2)13-18)24-16(3)27/h5-14,25H,4H2,1-3H3,(H,24,27). The highest BCUT2D eigenvalue weighted by molar-refractivity contribution is 7.92. The highest BCUT2D eigenvalue weighted by atomic mass is 32.2. The van der Waals surface area contributed by atoms with Gasteiger partial charge < -0.3 is 9.88 Å². The van der Waals surface area contributed by atoms with Crippen molar-refractivity contribution in [2.75, 3.05) is 10.0 Å². The van der Waals surface area contributed by atoms with Gasteiger partial charge in [-0.2, -0.15) is 0 Å². The molecule has 6 nitrogen and oxygen atoms in total. The molecule has 30 heavy (non-hydrogen) atoms. The van der Waals surface area contributed by atoms with Crippen molar-refractivity contribution in [3.05, 3.63) is 66.2 Å². The first-order valence-corrected chi connectivity index (χ1v) is 11.2. The molecule has 0 saturated heterocycles. The maximum absolute atomic E-state index is 12.9. The molecular weight excluding hydrogens is 398 g/mol. The van der Waals surface area contributed by atoms with Gasteiger partial charge in [0.15, 0.2) is 0 Å². The van der Waals surface area contributed by atoms with Gasteiger partial charge in [0, 0.05) is 46.6 Å². The summed E-state index contributed by atoms with van der Waals surface area (Å²) in [5.41, 5.74) is 3.96. The SMILES string of the molecule is CCn1c2ccccc2c2cc(NS(=O)(=O)c3ccc(NC(C)=O)c(C)c3)ccc21. The molecule has 1 aromatic heterocycles. The first kappa shape index (κ1) is 20.0. The van der Waals surface area contributed by atoms with Crippen molar-refractivity contribution in [3.8, 4) is 0 Å². The van der Waals surface area contributed by atoms with Crippen molar-refractivity contribution in [1.82, 2.24) is 4.57 Å². The Hall–Kier alpha value is -3.32. The van der Waals surface area contributed by atoms with Gasteiger partial charge in [-0.15, -0.1) is 0 Å². The van der Waals surface area contributed by atoms with E-state index in [9.17, 15) is 13.2 Å². The number of aromatic nitrogens is 1. The molecule has 7 heteroatoms. The van der Waals surface area contributed by atoms with Gasteiger partial charge in [-0.05, 0) is 61.9 Å². The predicted octanol–water partition coefficient (Wildman–Crippen LogP) is 4.88. The van der Waals surface area contributed by atoms with E-state index >= 15 is 0 Å². The van der Waals surface area contributed by atoms with Gasteiger partial charge in [0.1, 0.15) is 0 Å². The lowest BCUT2D eigenvalue weighted by Crippen LogP contribution is -2.14. The number of hydrogen-bond acceptors (Lipinski definition) is 3. The first-order chi connectivity index (χ1) is 14.3. The van der Waals surface area contributed by atoms with Crippen LogP contribution in [-0.2, 0) is 21.4 Å². The second kappa shape index (κ2) is 7.50. The Morgan fingerprint density at radius 3 is 2.40 bits per heavy atom. The maximum atomic E-state index is 12.9. The third-order valence-electron chi connectivity index (χ3n) is 5.16. The van der Waals surface area contributed by atoms with Crippen molar-refractivity contribution >= 4 is 49.1 Å². The van der Waals surface area contributed by atoms with Crippen LogP contribution in [0, 0.1) is 6.92 Å². The minimum absolute atomic E-state index is 0.144. The minimum Gasteiger partial charge on any atom is -0.341 e. The Labute approximate surface area is 175 Å². The third-order valence-corrected chi connectivity index (χ3v) is 6.54. The molecule has 0 unspecified atom stereocenters. The fourth-order valence-corrected chi connectivity index (χ4v) is 4.94. The highest BCUT2D eigenvalue weighted by Crippen LogP contribution is 2.32. The topological polar surface area (TPSA) is 80.2 Å². The van der Waals surface area contributed by atoms with Crippen LogP contribution in [0.3, 0.4) is 0 Å². The van der Waals surface area contributed by atoms with Gasteiger partial charge in [-0.25, -0.2) is 8.42 Å². The number of benzene rings is 3. The molecule has 0 aliphatic rings. The molecule has 0 bridgehead atoms. The number of nitrogens with one attached hydrogen (secondary N) is 2. The molecule has 0 aliphatic heterocycles. The molecule has 0 saturated carbocycles. The molecule has 154 valence electrons. The predicted molar refractivity (Wildman–Crippen MR) is 121 cm³/mol. The number of anilines is 2. The van der Waals surface area contributed by atoms with E-state index in [4.69, 9.17) is 0 Å². The Balaban J connectivity index is 1.72. The minimum atomic E-state index is -3.77. The van der Waals surface area contributed by atoms with Crippen molar-refractivity contribution in [1.29, 1.82) is 0 Å². The summed E-state index contributed by atoms with van der Waals surface area (Å²) in [6, 6.07) is 18.3. The molecule has 4 rings (SSSR count). The lowest BCUT2D eigenvalue weighted by Gasteiger charge is -2.12. The number of nitrogens with zero attached hydrogens (tertiary/aromatic N) is 1. The Kier molecular flexibility index (Phi) is 4.99. The lowest BCUT2D eigenvalue weighted by molar-refractivity contribution is -0.114. The van der Waals surface area contributed by atoms with Crippen LogP contribution in [0.15, 0.2) is 65.6 Å². The number of carbonyl (C=O) groups excluding carboxylic acids is 1. The van der Waals surface area contributed by atoms with Crippen molar-refractivity contribution in [2.24, 2.45) is 0 Å². The number of sulfonamides is 1. The number of amides is 1. The molecule has 1 heterocycles. The zero-order valence-corrected chi connectivity index (χ0v) is 17.9. The first-order valence-electron chi connectivity index (χ1n) is 9.72. The second-order valence-corrected chi connectivity index (χ2v) is 8.94. The van der Waals surface area contributed by atoms with Crippen LogP contribution in [0.1, 0.15) is 19.4 Å². The fourth-order valence-electron chi connectivity index (χ4n) is 3.81. The molecule has 0 fully saturated rings. The number of aryl methyl sites for hydroxylation is 2. The molecule has 2 N–H and O–H groups in total. The van der Waals surface area contributed by atoms with Crippen LogP contribution in [0.5, 0.6) is 0 Å². The van der Waals surface area contributed by atoms with Crippen LogP contribution in [0.25, 0.3) is 21.8 Å². The molecule has 4 aromatic rings. The van der Waals surface area contributed by atoms with Crippen LogP contribution >= 0.6 is 0 Å². The summed E-state index contributed by atoms with van der Waals surface area (Å²) in [4.78, 5) is 11.4.